The number of hydrogen-bond donors (Lipinski definition) is 1. The van der Waals surface area contributed by atoms with E-state index in [4.69, 9.17) is 0 Å². The van der Waals surface area contributed by atoms with E-state index in [1.165, 1.54) is 44.6 Å². The van der Waals surface area contributed by atoms with Crippen LogP contribution in [-0.4, -0.2) is 9.97 Å². The molecule has 0 unspecified atom stereocenters. The first kappa shape index (κ1) is 12.2. The molecule has 21 heavy (non-hydrogen) atoms. The molecule has 0 amide bonds. The summed E-state index contributed by atoms with van der Waals surface area (Å²) in [6, 6.07) is 5.18. The Morgan fingerprint density at radius 1 is 1.10 bits per heavy atom. The zero-order chi connectivity index (χ0) is 14.0. The fourth-order valence-electron chi connectivity index (χ4n) is 5.99. The summed E-state index contributed by atoms with van der Waals surface area (Å²) in [6.07, 6.45) is 9.54. The fourth-order valence-corrected chi connectivity index (χ4v) is 5.99. The minimum Gasteiger partial charge on any atom is -0.342 e. The van der Waals surface area contributed by atoms with E-state index in [0.717, 1.165) is 35.5 Å². The Bertz CT molecular complexity index is 667. The lowest BCUT2D eigenvalue weighted by Gasteiger charge is -2.56. The highest BCUT2D eigenvalue weighted by molar-refractivity contribution is 5.75. The number of benzene rings is 1. The number of H-pyrrole nitrogens is 1. The fraction of sp³-hybridized carbons (Fsp3) is 0.611. The maximum absolute atomic E-state index is 13.8. The molecule has 0 atom stereocenters. The molecular weight excluding hydrogens is 263 g/mol. The Morgan fingerprint density at radius 2 is 1.76 bits per heavy atom. The van der Waals surface area contributed by atoms with Crippen LogP contribution >= 0.6 is 0 Å². The summed E-state index contributed by atoms with van der Waals surface area (Å²) in [7, 11) is 0. The Morgan fingerprint density at radius 3 is 2.38 bits per heavy atom. The van der Waals surface area contributed by atoms with Crippen LogP contribution in [0.5, 0.6) is 0 Å². The molecule has 6 rings (SSSR count). The molecular formula is C18H21FN2. The van der Waals surface area contributed by atoms with E-state index in [1.807, 2.05) is 6.07 Å². The Hall–Kier alpha value is -1.38. The molecule has 4 aliphatic carbocycles. The molecule has 4 saturated carbocycles. The summed E-state index contributed by atoms with van der Waals surface area (Å²) in [5.74, 6) is 3.66. The number of para-hydroxylation sites is 1. The quantitative estimate of drug-likeness (QED) is 0.866. The van der Waals surface area contributed by atoms with Crippen molar-refractivity contribution in [2.75, 3.05) is 0 Å². The largest absolute Gasteiger partial charge is 0.342 e. The highest BCUT2D eigenvalue weighted by Gasteiger charge is 2.50. The van der Waals surface area contributed by atoms with Crippen LogP contribution in [0.2, 0.25) is 0 Å². The second-order valence-corrected chi connectivity index (χ2v) is 7.91. The summed E-state index contributed by atoms with van der Waals surface area (Å²) in [5.41, 5.74) is 1.81. The predicted molar refractivity (Wildman–Crippen MR) is 80.4 cm³/mol. The van der Waals surface area contributed by atoms with Gasteiger partial charge < -0.3 is 4.98 Å². The van der Waals surface area contributed by atoms with Gasteiger partial charge in [0.1, 0.15) is 11.3 Å². The summed E-state index contributed by atoms with van der Waals surface area (Å²) in [5, 5.41) is 0. The Balaban J connectivity index is 1.49. The van der Waals surface area contributed by atoms with Gasteiger partial charge >= 0.3 is 0 Å². The molecule has 1 aromatic heterocycles. The molecule has 4 fully saturated rings. The maximum atomic E-state index is 13.8. The molecule has 1 N–H and O–H groups in total. The van der Waals surface area contributed by atoms with Gasteiger partial charge in [0.2, 0.25) is 0 Å². The highest BCUT2D eigenvalue weighted by Crippen LogP contribution is 2.60. The van der Waals surface area contributed by atoms with Crippen LogP contribution in [0.15, 0.2) is 18.2 Å². The molecule has 0 aliphatic heterocycles. The lowest BCUT2D eigenvalue weighted by atomic mass is 9.49. The first-order valence-electron chi connectivity index (χ1n) is 8.32. The number of rotatable bonds is 2. The number of aromatic nitrogens is 2. The third kappa shape index (κ3) is 1.86. The summed E-state index contributed by atoms with van der Waals surface area (Å²) >= 11 is 0. The standard InChI is InChI=1S/C18H21FN2/c19-14-2-1-3-15-17(14)21-16(20-15)10-18-7-11-4-12(8-18)6-13(5-11)9-18/h1-3,11-13H,4-10H2,(H,20,21). The molecule has 0 spiro atoms. The average Bonchev–Trinajstić information content (AvgIpc) is 2.80. The molecule has 1 aromatic carbocycles. The molecule has 1 heterocycles. The predicted octanol–water partition coefficient (Wildman–Crippen LogP) is 4.46. The van der Waals surface area contributed by atoms with E-state index in [-0.39, 0.29) is 5.82 Å². The number of hydrogen-bond acceptors (Lipinski definition) is 1. The minimum absolute atomic E-state index is 0.208. The number of nitrogens with one attached hydrogen (secondary N) is 1. The molecule has 4 aliphatic rings. The third-order valence-corrected chi connectivity index (χ3v) is 6.22. The van der Waals surface area contributed by atoms with Gasteiger partial charge in [-0.2, -0.15) is 0 Å². The van der Waals surface area contributed by atoms with Gasteiger partial charge in [-0.25, -0.2) is 9.37 Å². The van der Waals surface area contributed by atoms with Crippen molar-refractivity contribution in [3.63, 3.8) is 0 Å². The molecule has 0 radical (unpaired) electrons. The van der Waals surface area contributed by atoms with Crippen LogP contribution in [0.4, 0.5) is 4.39 Å². The van der Waals surface area contributed by atoms with Crippen LogP contribution < -0.4 is 0 Å². The van der Waals surface area contributed by atoms with Crippen LogP contribution in [0.1, 0.15) is 44.3 Å². The second kappa shape index (κ2) is 4.08. The average molecular weight is 284 g/mol. The summed E-state index contributed by atoms with van der Waals surface area (Å²) in [6.45, 7) is 0. The number of nitrogens with zero attached hydrogens (tertiary/aromatic N) is 1. The van der Waals surface area contributed by atoms with Gasteiger partial charge in [-0.05, 0) is 73.8 Å². The van der Waals surface area contributed by atoms with E-state index in [9.17, 15) is 4.39 Å². The van der Waals surface area contributed by atoms with Crippen molar-refractivity contribution >= 4 is 11.0 Å². The van der Waals surface area contributed by atoms with E-state index in [2.05, 4.69) is 9.97 Å². The molecule has 2 aromatic rings. The SMILES string of the molecule is Fc1cccc2[nH]c(CC34CC5CC(CC(C5)C3)C4)nc12. The van der Waals surface area contributed by atoms with E-state index < -0.39 is 0 Å². The zero-order valence-electron chi connectivity index (χ0n) is 12.2. The second-order valence-electron chi connectivity index (χ2n) is 7.91. The lowest BCUT2D eigenvalue weighted by Crippen LogP contribution is -2.47. The first-order valence-corrected chi connectivity index (χ1v) is 8.32. The summed E-state index contributed by atoms with van der Waals surface area (Å²) in [4.78, 5) is 7.92. The van der Waals surface area contributed by atoms with Gasteiger partial charge in [0.05, 0.1) is 5.52 Å². The maximum Gasteiger partial charge on any atom is 0.151 e. The highest BCUT2D eigenvalue weighted by atomic mass is 19.1. The molecule has 4 bridgehead atoms. The smallest absolute Gasteiger partial charge is 0.151 e. The van der Waals surface area contributed by atoms with Crippen molar-refractivity contribution in [2.24, 2.45) is 23.2 Å². The minimum atomic E-state index is -0.208. The van der Waals surface area contributed by atoms with Crippen molar-refractivity contribution in [3.8, 4) is 0 Å². The first-order chi connectivity index (χ1) is 10.2. The van der Waals surface area contributed by atoms with Gasteiger partial charge in [-0.3, -0.25) is 0 Å². The zero-order valence-corrected chi connectivity index (χ0v) is 12.2. The van der Waals surface area contributed by atoms with Crippen LogP contribution in [0.3, 0.4) is 0 Å². The van der Waals surface area contributed by atoms with E-state index in [1.54, 1.807) is 6.07 Å². The van der Waals surface area contributed by atoms with E-state index in [0.29, 0.717) is 10.9 Å². The molecule has 0 saturated heterocycles. The van der Waals surface area contributed by atoms with E-state index >= 15 is 0 Å². The number of imidazole rings is 1. The third-order valence-electron chi connectivity index (χ3n) is 6.22. The number of aromatic amines is 1. The molecule has 110 valence electrons. The van der Waals surface area contributed by atoms with Crippen molar-refractivity contribution in [2.45, 2.75) is 44.9 Å². The lowest BCUT2D eigenvalue weighted by molar-refractivity contribution is -0.0530. The van der Waals surface area contributed by atoms with Crippen molar-refractivity contribution < 1.29 is 4.39 Å². The topological polar surface area (TPSA) is 28.7 Å². The number of halogens is 1. The van der Waals surface area contributed by atoms with Crippen LogP contribution in [0, 0.1) is 29.0 Å². The van der Waals surface area contributed by atoms with Gasteiger partial charge in [0, 0.05) is 6.42 Å². The van der Waals surface area contributed by atoms with Gasteiger partial charge in [0.25, 0.3) is 0 Å². The van der Waals surface area contributed by atoms with Crippen molar-refractivity contribution in [3.05, 3.63) is 29.8 Å². The van der Waals surface area contributed by atoms with Crippen LogP contribution in [0.25, 0.3) is 11.0 Å². The van der Waals surface area contributed by atoms with Crippen LogP contribution in [-0.2, 0) is 6.42 Å². The van der Waals surface area contributed by atoms with Gasteiger partial charge in [-0.15, -0.1) is 0 Å². The monoisotopic (exact) mass is 284 g/mol. The van der Waals surface area contributed by atoms with Gasteiger partial charge in [-0.1, -0.05) is 6.07 Å². The Kier molecular flexibility index (Phi) is 2.37. The number of fused-ring (bicyclic) bond motifs is 1. The molecule has 3 heteroatoms. The van der Waals surface area contributed by atoms with Crippen molar-refractivity contribution in [1.82, 2.24) is 9.97 Å². The normalized spacial score (nSPS) is 37.5. The van der Waals surface area contributed by atoms with Crippen molar-refractivity contribution in [1.29, 1.82) is 0 Å². The van der Waals surface area contributed by atoms with Gasteiger partial charge in [0.15, 0.2) is 5.82 Å². The Labute approximate surface area is 124 Å². The summed E-state index contributed by atoms with van der Waals surface area (Å²) < 4.78 is 13.8. The molecule has 2 nitrogen and oxygen atoms in total.